The second-order valence-electron chi connectivity index (χ2n) is 6.34. The Labute approximate surface area is 144 Å². The van der Waals surface area contributed by atoms with Crippen LogP contribution in [0.4, 0.5) is 0 Å². The highest BCUT2D eigenvalue weighted by molar-refractivity contribution is 6.03. The lowest BCUT2D eigenvalue weighted by molar-refractivity contribution is -0.186. The number of hydrogen-bond donors (Lipinski definition) is 1. The van der Waals surface area contributed by atoms with E-state index in [2.05, 4.69) is 27.1 Å². The van der Waals surface area contributed by atoms with Gasteiger partial charge in [-0.15, -0.1) is 5.10 Å². The zero-order chi connectivity index (χ0) is 17.4. The van der Waals surface area contributed by atoms with Gasteiger partial charge < -0.3 is 4.74 Å². The quantitative estimate of drug-likeness (QED) is 0.734. The molecule has 0 aliphatic carbocycles. The van der Waals surface area contributed by atoms with Crippen molar-refractivity contribution in [2.75, 3.05) is 6.61 Å². The number of pyridine rings is 1. The van der Waals surface area contributed by atoms with E-state index in [0.29, 0.717) is 17.8 Å². The second kappa shape index (κ2) is 6.38. The fourth-order valence-corrected chi connectivity index (χ4v) is 3.26. The number of nitrogens with zero attached hydrogens (tertiary/aromatic N) is 4. The van der Waals surface area contributed by atoms with E-state index in [1.165, 1.54) is 0 Å². The van der Waals surface area contributed by atoms with Crippen molar-refractivity contribution in [1.29, 1.82) is 0 Å². The van der Waals surface area contributed by atoms with E-state index in [9.17, 15) is 4.79 Å². The smallest absolute Gasteiger partial charge is 0.278 e. The van der Waals surface area contributed by atoms with Gasteiger partial charge in [0, 0.05) is 18.4 Å². The van der Waals surface area contributed by atoms with Crippen LogP contribution in [0.1, 0.15) is 40.7 Å². The standard InChI is InChI=1S/C17H19N5O3/c1-10-7-11(2)15-12(8-10)9-13(16-18-20-21-22(15)16)17(23)19-25-14-5-3-4-6-24-14/h7-9,14H,3-6H2,1-2H3,(H,19,23). The van der Waals surface area contributed by atoms with Gasteiger partial charge in [-0.2, -0.15) is 4.52 Å². The van der Waals surface area contributed by atoms with E-state index in [1.807, 2.05) is 19.9 Å². The van der Waals surface area contributed by atoms with Gasteiger partial charge >= 0.3 is 0 Å². The van der Waals surface area contributed by atoms with Crippen LogP contribution < -0.4 is 5.48 Å². The molecule has 25 heavy (non-hydrogen) atoms. The summed E-state index contributed by atoms with van der Waals surface area (Å²) in [6.07, 6.45) is 2.39. The predicted octanol–water partition coefficient (Wildman–Crippen LogP) is 2.08. The van der Waals surface area contributed by atoms with E-state index in [0.717, 1.165) is 41.3 Å². The third-order valence-electron chi connectivity index (χ3n) is 4.36. The molecule has 0 spiro atoms. The number of benzene rings is 1. The summed E-state index contributed by atoms with van der Waals surface area (Å²) in [5.74, 6) is -0.393. The highest BCUT2D eigenvalue weighted by atomic mass is 16.8. The van der Waals surface area contributed by atoms with Crippen LogP contribution in [0.15, 0.2) is 18.2 Å². The summed E-state index contributed by atoms with van der Waals surface area (Å²) >= 11 is 0. The molecule has 1 fully saturated rings. The molecule has 3 aromatic rings. The van der Waals surface area contributed by atoms with Crippen molar-refractivity contribution in [2.45, 2.75) is 39.4 Å². The van der Waals surface area contributed by atoms with Gasteiger partial charge in [0.25, 0.3) is 5.91 Å². The Hall–Kier alpha value is -2.58. The fourth-order valence-electron chi connectivity index (χ4n) is 3.26. The van der Waals surface area contributed by atoms with Gasteiger partial charge in [0.1, 0.15) is 0 Å². The Balaban J connectivity index is 1.70. The number of aryl methyl sites for hydroxylation is 2. The summed E-state index contributed by atoms with van der Waals surface area (Å²) in [4.78, 5) is 18.0. The van der Waals surface area contributed by atoms with Crippen molar-refractivity contribution in [3.05, 3.63) is 34.9 Å². The van der Waals surface area contributed by atoms with Crippen LogP contribution in [0.5, 0.6) is 0 Å². The summed E-state index contributed by atoms with van der Waals surface area (Å²) in [5.41, 5.74) is 6.27. The van der Waals surface area contributed by atoms with Gasteiger partial charge in [-0.1, -0.05) is 11.6 Å². The average molecular weight is 341 g/mol. The van der Waals surface area contributed by atoms with Gasteiger partial charge in [0.15, 0.2) is 11.9 Å². The first-order valence-electron chi connectivity index (χ1n) is 8.33. The van der Waals surface area contributed by atoms with Gasteiger partial charge in [-0.3, -0.25) is 4.79 Å². The Morgan fingerprint density at radius 1 is 1.32 bits per heavy atom. The number of hydroxylamine groups is 1. The molecular formula is C17H19N5O3. The van der Waals surface area contributed by atoms with Crippen LogP contribution in [-0.4, -0.2) is 38.8 Å². The van der Waals surface area contributed by atoms with Crippen molar-refractivity contribution in [3.63, 3.8) is 0 Å². The number of amides is 1. The normalized spacial score (nSPS) is 17.9. The van der Waals surface area contributed by atoms with Crippen molar-refractivity contribution in [3.8, 4) is 0 Å². The van der Waals surface area contributed by atoms with E-state index >= 15 is 0 Å². The molecule has 8 nitrogen and oxygen atoms in total. The second-order valence-corrected chi connectivity index (χ2v) is 6.34. The van der Waals surface area contributed by atoms with Gasteiger partial charge in [0.05, 0.1) is 11.1 Å². The fraction of sp³-hybridized carbons (Fsp3) is 0.412. The molecule has 3 heterocycles. The lowest BCUT2D eigenvalue weighted by Crippen LogP contribution is -2.33. The summed E-state index contributed by atoms with van der Waals surface area (Å²) in [6, 6.07) is 5.86. The maximum Gasteiger partial charge on any atom is 0.278 e. The zero-order valence-electron chi connectivity index (χ0n) is 14.2. The molecule has 0 bridgehead atoms. The number of fused-ring (bicyclic) bond motifs is 3. The molecule has 1 unspecified atom stereocenters. The number of aromatic nitrogens is 4. The zero-order valence-corrected chi connectivity index (χ0v) is 14.2. The highest BCUT2D eigenvalue weighted by Gasteiger charge is 2.20. The van der Waals surface area contributed by atoms with Crippen LogP contribution in [0.25, 0.3) is 16.6 Å². The Kier molecular flexibility index (Phi) is 4.06. The monoisotopic (exact) mass is 341 g/mol. The third kappa shape index (κ3) is 2.94. The predicted molar refractivity (Wildman–Crippen MR) is 89.9 cm³/mol. The minimum absolute atomic E-state index is 0.360. The van der Waals surface area contributed by atoms with Crippen LogP contribution in [0.3, 0.4) is 0 Å². The molecule has 4 rings (SSSR count). The third-order valence-corrected chi connectivity index (χ3v) is 4.36. The van der Waals surface area contributed by atoms with E-state index < -0.39 is 12.2 Å². The highest BCUT2D eigenvalue weighted by Crippen LogP contribution is 2.24. The molecule has 8 heteroatoms. The van der Waals surface area contributed by atoms with E-state index in [4.69, 9.17) is 9.57 Å². The number of carbonyl (C=O) groups excluding carboxylic acids is 1. The number of rotatable bonds is 3. The van der Waals surface area contributed by atoms with E-state index in [-0.39, 0.29) is 0 Å². The van der Waals surface area contributed by atoms with Crippen molar-refractivity contribution >= 4 is 22.5 Å². The van der Waals surface area contributed by atoms with Crippen LogP contribution in [-0.2, 0) is 9.57 Å². The number of ether oxygens (including phenoxy) is 1. The maximum atomic E-state index is 12.6. The molecule has 0 saturated carbocycles. The van der Waals surface area contributed by atoms with Crippen molar-refractivity contribution < 1.29 is 14.4 Å². The lowest BCUT2D eigenvalue weighted by atomic mass is 10.0. The molecule has 1 atom stereocenters. The molecule has 1 aliphatic rings. The Bertz CT molecular complexity index is 946. The molecule has 130 valence electrons. The number of hydrogen-bond acceptors (Lipinski definition) is 6. The molecule has 1 amide bonds. The van der Waals surface area contributed by atoms with E-state index in [1.54, 1.807) is 10.6 Å². The molecule has 1 aromatic carbocycles. The average Bonchev–Trinajstić information content (AvgIpc) is 3.08. The molecular weight excluding hydrogens is 322 g/mol. The number of nitrogens with one attached hydrogen (secondary N) is 1. The first kappa shape index (κ1) is 15.9. The van der Waals surface area contributed by atoms with Crippen molar-refractivity contribution in [2.24, 2.45) is 0 Å². The summed E-state index contributed by atoms with van der Waals surface area (Å²) in [5, 5.41) is 12.7. The van der Waals surface area contributed by atoms with Crippen molar-refractivity contribution in [1.82, 2.24) is 25.5 Å². The molecule has 1 N–H and O–H groups in total. The Morgan fingerprint density at radius 3 is 3.00 bits per heavy atom. The van der Waals surface area contributed by atoms with Crippen LogP contribution in [0.2, 0.25) is 0 Å². The maximum absolute atomic E-state index is 12.6. The molecule has 1 aliphatic heterocycles. The molecule has 2 aromatic heterocycles. The number of carbonyl (C=O) groups is 1. The first-order chi connectivity index (χ1) is 12.1. The van der Waals surface area contributed by atoms with Gasteiger partial charge in [-0.05, 0) is 54.8 Å². The van der Waals surface area contributed by atoms with Crippen LogP contribution in [0, 0.1) is 13.8 Å². The largest absolute Gasteiger partial charge is 0.350 e. The van der Waals surface area contributed by atoms with Gasteiger partial charge in [0.2, 0.25) is 0 Å². The first-order valence-corrected chi connectivity index (χ1v) is 8.33. The minimum Gasteiger partial charge on any atom is -0.350 e. The summed E-state index contributed by atoms with van der Waals surface area (Å²) in [6.45, 7) is 4.66. The topological polar surface area (TPSA) is 90.6 Å². The van der Waals surface area contributed by atoms with Gasteiger partial charge in [-0.25, -0.2) is 10.3 Å². The minimum atomic E-state index is -0.408. The Morgan fingerprint density at radius 2 is 2.20 bits per heavy atom. The summed E-state index contributed by atoms with van der Waals surface area (Å²) in [7, 11) is 0. The SMILES string of the molecule is Cc1cc(C)c2c(c1)cc(C(=O)NOC1CCCCO1)c1nnnn12. The molecule has 1 saturated heterocycles. The van der Waals surface area contributed by atoms with Crippen LogP contribution >= 0.6 is 0 Å². The lowest BCUT2D eigenvalue weighted by Gasteiger charge is -2.22. The molecule has 0 radical (unpaired) electrons. The number of tetrazole rings is 1. The summed E-state index contributed by atoms with van der Waals surface area (Å²) < 4.78 is 7.05.